The van der Waals surface area contributed by atoms with Crippen LogP contribution in [0.2, 0.25) is 0 Å². The fourth-order valence-corrected chi connectivity index (χ4v) is 2.63. The first-order valence-electron chi connectivity index (χ1n) is 5.06. The van der Waals surface area contributed by atoms with Gasteiger partial charge in [-0.2, -0.15) is 0 Å². The molecule has 1 aromatic carbocycles. The molecule has 1 aliphatic rings. The van der Waals surface area contributed by atoms with Crippen LogP contribution in [-0.2, 0) is 5.60 Å². The Hall–Kier alpha value is -0.540. The number of aryl methyl sites for hydroxylation is 1. The lowest BCUT2D eigenvalue weighted by Crippen LogP contribution is -2.10. The van der Waals surface area contributed by atoms with E-state index in [9.17, 15) is 5.11 Å². The number of hydrogen-bond donors (Lipinski definition) is 1. The zero-order valence-corrected chi connectivity index (χ0v) is 10.8. The Balaban J connectivity index is 2.61. The molecule has 1 aromatic rings. The van der Waals surface area contributed by atoms with E-state index in [2.05, 4.69) is 15.9 Å². The molecule has 0 radical (unpaired) electrons. The van der Waals surface area contributed by atoms with Crippen molar-refractivity contribution in [2.24, 2.45) is 0 Å². The molecule has 2 nitrogen and oxygen atoms in total. The molecule has 15 heavy (non-hydrogen) atoms. The van der Waals surface area contributed by atoms with Gasteiger partial charge in [-0.1, -0.05) is 0 Å². The van der Waals surface area contributed by atoms with E-state index >= 15 is 0 Å². The molecule has 0 atom stereocenters. The average Bonchev–Trinajstić information content (AvgIpc) is 2.91. The van der Waals surface area contributed by atoms with Crippen molar-refractivity contribution in [3.8, 4) is 5.75 Å². The van der Waals surface area contributed by atoms with Gasteiger partial charge in [0.05, 0.1) is 17.2 Å². The van der Waals surface area contributed by atoms with Gasteiger partial charge in [0.15, 0.2) is 0 Å². The quantitative estimate of drug-likeness (QED) is 0.895. The number of aliphatic hydroxyl groups is 1. The molecule has 82 valence electrons. The van der Waals surface area contributed by atoms with E-state index in [0.717, 1.165) is 39.8 Å². The normalized spacial score (nSPS) is 17.7. The number of methoxy groups -OCH3 is 1. The Bertz CT molecular complexity index is 409. The maximum atomic E-state index is 10.2. The molecule has 0 saturated heterocycles. The van der Waals surface area contributed by atoms with E-state index in [1.165, 1.54) is 0 Å². The van der Waals surface area contributed by atoms with Crippen LogP contribution < -0.4 is 4.74 Å². The minimum absolute atomic E-state index is 0.580. The van der Waals surface area contributed by atoms with Gasteiger partial charge in [-0.15, -0.1) is 0 Å². The predicted octanol–water partition coefficient (Wildman–Crippen LogP) is 3.06. The molecule has 0 spiro atoms. The Labute approximate surface area is 98.4 Å². The minimum Gasteiger partial charge on any atom is -0.496 e. The maximum absolute atomic E-state index is 10.2. The lowest BCUT2D eigenvalue weighted by molar-refractivity contribution is 0.150. The van der Waals surface area contributed by atoms with Crippen molar-refractivity contribution >= 4 is 15.9 Å². The lowest BCUT2D eigenvalue weighted by atomic mass is 9.96. The van der Waals surface area contributed by atoms with E-state index < -0.39 is 5.60 Å². The zero-order valence-electron chi connectivity index (χ0n) is 9.22. The van der Waals surface area contributed by atoms with E-state index in [4.69, 9.17) is 4.74 Å². The van der Waals surface area contributed by atoms with E-state index in [1.807, 2.05) is 19.9 Å². The molecule has 0 bridgehead atoms. The van der Waals surface area contributed by atoms with Gasteiger partial charge in [-0.25, -0.2) is 0 Å². The summed E-state index contributed by atoms with van der Waals surface area (Å²) in [5.41, 5.74) is 2.68. The first kappa shape index (κ1) is 11.0. The highest BCUT2D eigenvalue weighted by atomic mass is 79.9. The van der Waals surface area contributed by atoms with Gasteiger partial charge in [0.2, 0.25) is 0 Å². The van der Waals surface area contributed by atoms with E-state index in [1.54, 1.807) is 7.11 Å². The molecule has 2 rings (SSSR count). The third kappa shape index (κ3) is 1.68. The van der Waals surface area contributed by atoms with Gasteiger partial charge in [0, 0.05) is 0 Å². The third-order valence-corrected chi connectivity index (χ3v) is 4.06. The summed E-state index contributed by atoms with van der Waals surface area (Å²) in [5.74, 6) is 0.831. The molecular formula is C12H15BrO2. The molecular weight excluding hydrogens is 256 g/mol. The van der Waals surface area contributed by atoms with Crippen LogP contribution in [0.25, 0.3) is 0 Å². The molecule has 1 fully saturated rings. The van der Waals surface area contributed by atoms with Gasteiger partial charge in [-0.05, 0) is 65.4 Å². The highest BCUT2D eigenvalue weighted by molar-refractivity contribution is 9.10. The van der Waals surface area contributed by atoms with Crippen molar-refractivity contribution in [1.29, 1.82) is 0 Å². The summed E-state index contributed by atoms with van der Waals surface area (Å²) in [5, 5.41) is 10.2. The van der Waals surface area contributed by atoms with Gasteiger partial charge < -0.3 is 9.84 Å². The monoisotopic (exact) mass is 270 g/mol. The first-order valence-corrected chi connectivity index (χ1v) is 5.85. The van der Waals surface area contributed by atoms with Crippen LogP contribution in [0.4, 0.5) is 0 Å². The summed E-state index contributed by atoms with van der Waals surface area (Å²) in [6.45, 7) is 4.04. The number of halogens is 1. The standard InChI is InChI=1S/C12H15BrO2/c1-7-6-9(15-3)11(13)8(2)10(7)12(14)4-5-12/h6,14H,4-5H2,1-3H3. The van der Waals surface area contributed by atoms with Crippen LogP contribution in [0.15, 0.2) is 10.5 Å². The summed E-state index contributed by atoms with van der Waals surface area (Å²) >= 11 is 3.51. The van der Waals surface area contributed by atoms with E-state index in [0.29, 0.717) is 0 Å². The summed E-state index contributed by atoms with van der Waals surface area (Å²) in [6, 6.07) is 1.97. The van der Waals surface area contributed by atoms with Crippen molar-refractivity contribution in [2.75, 3.05) is 7.11 Å². The summed E-state index contributed by atoms with van der Waals surface area (Å²) in [7, 11) is 1.66. The Kier molecular flexibility index (Phi) is 2.55. The number of benzene rings is 1. The Morgan fingerprint density at radius 1 is 1.40 bits per heavy atom. The van der Waals surface area contributed by atoms with Crippen molar-refractivity contribution in [3.63, 3.8) is 0 Å². The highest BCUT2D eigenvalue weighted by Gasteiger charge is 2.44. The molecule has 0 aliphatic heterocycles. The highest BCUT2D eigenvalue weighted by Crippen LogP contribution is 2.50. The van der Waals surface area contributed by atoms with Crippen LogP contribution >= 0.6 is 15.9 Å². The smallest absolute Gasteiger partial charge is 0.133 e. The number of rotatable bonds is 2. The van der Waals surface area contributed by atoms with Gasteiger partial charge in [0.1, 0.15) is 5.75 Å². The molecule has 1 N–H and O–H groups in total. The van der Waals surface area contributed by atoms with Crippen LogP contribution in [0, 0.1) is 13.8 Å². The van der Waals surface area contributed by atoms with Crippen LogP contribution in [0.1, 0.15) is 29.5 Å². The third-order valence-electron chi connectivity index (χ3n) is 3.07. The maximum Gasteiger partial charge on any atom is 0.133 e. The molecule has 3 heteroatoms. The van der Waals surface area contributed by atoms with Gasteiger partial charge in [-0.3, -0.25) is 0 Å². The summed E-state index contributed by atoms with van der Waals surface area (Å²) in [4.78, 5) is 0. The van der Waals surface area contributed by atoms with Crippen molar-refractivity contribution in [1.82, 2.24) is 0 Å². The first-order chi connectivity index (χ1) is 6.99. The van der Waals surface area contributed by atoms with Crippen molar-refractivity contribution in [2.45, 2.75) is 32.3 Å². The van der Waals surface area contributed by atoms with Crippen LogP contribution in [0.3, 0.4) is 0 Å². The average molecular weight is 271 g/mol. The molecule has 0 amide bonds. The SMILES string of the molecule is COc1cc(C)c(C2(O)CC2)c(C)c1Br. The van der Waals surface area contributed by atoms with Gasteiger partial charge >= 0.3 is 0 Å². The van der Waals surface area contributed by atoms with Crippen LogP contribution in [0.5, 0.6) is 5.75 Å². The zero-order chi connectivity index (χ0) is 11.2. The molecule has 1 saturated carbocycles. The van der Waals surface area contributed by atoms with Crippen molar-refractivity contribution in [3.05, 3.63) is 27.2 Å². The topological polar surface area (TPSA) is 29.5 Å². The minimum atomic E-state index is -0.580. The number of hydrogen-bond acceptors (Lipinski definition) is 2. The summed E-state index contributed by atoms with van der Waals surface area (Å²) < 4.78 is 6.22. The Morgan fingerprint density at radius 3 is 2.47 bits per heavy atom. The second-order valence-electron chi connectivity index (χ2n) is 4.24. The Morgan fingerprint density at radius 2 is 2.00 bits per heavy atom. The molecule has 0 aromatic heterocycles. The second kappa shape index (κ2) is 3.49. The van der Waals surface area contributed by atoms with E-state index in [-0.39, 0.29) is 0 Å². The molecule has 1 aliphatic carbocycles. The van der Waals surface area contributed by atoms with Crippen molar-refractivity contribution < 1.29 is 9.84 Å². The fraction of sp³-hybridized carbons (Fsp3) is 0.500. The fourth-order valence-electron chi connectivity index (χ4n) is 2.16. The molecule has 0 heterocycles. The van der Waals surface area contributed by atoms with Gasteiger partial charge in [0.25, 0.3) is 0 Å². The lowest BCUT2D eigenvalue weighted by Gasteiger charge is -2.18. The number of ether oxygens (including phenoxy) is 1. The predicted molar refractivity (Wildman–Crippen MR) is 63.3 cm³/mol. The second-order valence-corrected chi connectivity index (χ2v) is 5.03. The van der Waals surface area contributed by atoms with Crippen LogP contribution in [-0.4, -0.2) is 12.2 Å². The molecule has 0 unspecified atom stereocenters. The largest absolute Gasteiger partial charge is 0.496 e. The summed E-state index contributed by atoms with van der Waals surface area (Å²) in [6.07, 6.45) is 1.74.